The van der Waals surface area contributed by atoms with E-state index in [-0.39, 0.29) is 11.9 Å². The van der Waals surface area contributed by atoms with Crippen LogP contribution in [0.2, 0.25) is 5.15 Å². The summed E-state index contributed by atoms with van der Waals surface area (Å²) in [5.74, 6) is 0.459. The maximum atomic E-state index is 12.3. The number of fused-ring (bicyclic) bond motifs is 1. The molecular formula is C22H17ClN4O2. The van der Waals surface area contributed by atoms with Crippen molar-refractivity contribution in [1.29, 1.82) is 5.26 Å². The summed E-state index contributed by atoms with van der Waals surface area (Å²) in [5, 5.41) is 16.2. The number of nitriles is 1. The minimum atomic E-state index is -0.353. The standard InChI is InChI=1S/C22H17ClN4O2/c1-13(28)27-19(11-18(26-27)15-8-6-14(12-24)7-9-15)17-10-16-4-3-5-20(29-2)21(16)25-22(17)23/h3-10,19H,11H2,1-2H3/t19-/m0/s1. The molecule has 29 heavy (non-hydrogen) atoms. The smallest absolute Gasteiger partial charge is 0.240 e. The zero-order chi connectivity index (χ0) is 20.5. The number of hydrogen-bond acceptors (Lipinski definition) is 5. The maximum Gasteiger partial charge on any atom is 0.240 e. The molecule has 0 saturated heterocycles. The summed E-state index contributed by atoms with van der Waals surface area (Å²) in [6.07, 6.45) is 0.502. The fraction of sp³-hybridized carbons (Fsp3) is 0.182. The van der Waals surface area contributed by atoms with Crippen LogP contribution in [0.25, 0.3) is 10.9 Å². The molecule has 6 nitrogen and oxygen atoms in total. The van der Waals surface area contributed by atoms with Crippen LogP contribution in [-0.4, -0.2) is 28.7 Å². The van der Waals surface area contributed by atoms with Crippen molar-refractivity contribution in [3.8, 4) is 11.8 Å². The molecule has 7 heteroatoms. The van der Waals surface area contributed by atoms with Gasteiger partial charge in [-0.1, -0.05) is 35.9 Å². The van der Waals surface area contributed by atoms with Gasteiger partial charge in [0.25, 0.3) is 0 Å². The predicted molar refractivity (Wildman–Crippen MR) is 111 cm³/mol. The summed E-state index contributed by atoms with van der Waals surface area (Å²) in [5.41, 5.74) is 3.60. The van der Waals surface area contributed by atoms with Crippen LogP contribution in [-0.2, 0) is 4.79 Å². The van der Waals surface area contributed by atoms with E-state index in [1.54, 1.807) is 19.2 Å². The molecule has 0 N–H and O–H groups in total. The first kappa shape index (κ1) is 18.9. The van der Waals surface area contributed by atoms with E-state index < -0.39 is 0 Å². The lowest BCUT2D eigenvalue weighted by molar-refractivity contribution is -0.130. The van der Waals surface area contributed by atoms with Gasteiger partial charge in [0.15, 0.2) is 0 Å². The van der Waals surface area contributed by atoms with Crippen molar-refractivity contribution in [2.75, 3.05) is 7.11 Å². The molecule has 0 bridgehead atoms. The third-order valence-corrected chi connectivity index (χ3v) is 5.25. The third-order valence-electron chi connectivity index (χ3n) is 4.95. The van der Waals surface area contributed by atoms with Crippen molar-refractivity contribution in [3.63, 3.8) is 0 Å². The molecular weight excluding hydrogens is 388 g/mol. The molecule has 0 spiro atoms. The van der Waals surface area contributed by atoms with Gasteiger partial charge in [-0.2, -0.15) is 10.4 Å². The number of nitrogens with zero attached hydrogens (tertiary/aromatic N) is 4. The number of hydrogen-bond donors (Lipinski definition) is 0. The number of aromatic nitrogens is 1. The Hall–Kier alpha value is -3.43. The predicted octanol–water partition coefficient (Wildman–Crippen LogP) is 4.47. The summed E-state index contributed by atoms with van der Waals surface area (Å²) in [6.45, 7) is 1.48. The number of methoxy groups -OCH3 is 1. The number of rotatable bonds is 3. The SMILES string of the molecule is COc1cccc2cc([C@@H]3CC(c4ccc(C#N)cc4)=NN3C(C)=O)c(Cl)nc12. The zero-order valence-corrected chi connectivity index (χ0v) is 16.6. The number of halogens is 1. The molecule has 0 saturated carbocycles. The van der Waals surface area contributed by atoms with E-state index in [1.165, 1.54) is 11.9 Å². The molecule has 0 unspecified atom stereocenters. The highest BCUT2D eigenvalue weighted by molar-refractivity contribution is 6.30. The quantitative estimate of drug-likeness (QED) is 0.603. The lowest BCUT2D eigenvalue weighted by Gasteiger charge is -2.21. The zero-order valence-electron chi connectivity index (χ0n) is 15.9. The van der Waals surface area contributed by atoms with E-state index in [9.17, 15) is 4.79 Å². The van der Waals surface area contributed by atoms with Crippen molar-refractivity contribution < 1.29 is 9.53 Å². The molecule has 1 aliphatic rings. The fourth-order valence-electron chi connectivity index (χ4n) is 3.52. The highest BCUT2D eigenvalue weighted by Gasteiger charge is 2.33. The molecule has 1 aliphatic heterocycles. The van der Waals surface area contributed by atoms with Crippen LogP contribution in [0, 0.1) is 11.3 Å². The van der Waals surface area contributed by atoms with Crippen molar-refractivity contribution in [1.82, 2.24) is 9.99 Å². The van der Waals surface area contributed by atoms with Gasteiger partial charge in [0.1, 0.15) is 16.4 Å². The Balaban J connectivity index is 1.75. The second-order valence-corrected chi connectivity index (χ2v) is 7.08. The van der Waals surface area contributed by atoms with Crippen LogP contribution in [0.15, 0.2) is 53.6 Å². The molecule has 1 aromatic heterocycles. The monoisotopic (exact) mass is 404 g/mol. The van der Waals surface area contributed by atoms with Crippen molar-refractivity contribution in [2.24, 2.45) is 5.10 Å². The number of amides is 1. The first-order valence-electron chi connectivity index (χ1n) is 9.02. The van der Waals surface area contributed by atoms with Gasteiger partial charge in [-0.05, 0) is 29.8 Å². The van der Waals surface area contributed by atoms with Gasteiger partial charge in [0, 0.05) is 24.3 Å². The minimum absolute atomic E-state index is 0.180. The molecule has 0 radical (unpaired) electrons. The largest absolute Gasteiger partial charge is 0.494 e. The Labute approximate surface area is 173 Å². The Morgan fingerprint density at radius 1 is 1.28 bits per heavy atom. The Kier molecular flexibility index (Phi) is 4.91. The van der Waals surface area contributed by atoms with Crippen molar-refractivity contribution in [2.45, 2.75) is 19.4 Å². The van der Waals surface area contributed by atoms with Crippen molar-refractivity contribution >= 4 is 34.1 Å². The third kappa shape index (κ3) is 3.41. The normalized spacial score (nSPS) is 15.9. The molecule has 1 atom stereocenters. The summed E-state index contributed by atoms with van der Waals surface area (Å²) in [7, 11) is 1.59. The number of carbonyl (C=O) groups excluding carboxylic acids is 1. The van der Waals surface area contributed by atoms with Gasteiger partial charge in [0.2, 0.25) is 5.91 Å². The molecule has 3 aromatic rings. The Morgan fingerprint density at radius 3 is 2.69 bits per heavy atom. The average molecular weight is 405 g/mol. The van der Waals surface area contributed by atoms with Crippen LogP contribution in [0.3, 0.4) is 0 Å². The highest BCUT2D eigenvalue weighted by atomic mass is 35.5. The van der Waals surface area contributed by atoms with E-state index in [0.29, 0.717) is 28.4 Å². The van der Waals surface area contributed by atoms with Crippen LogP contribution < -0.4 is 4.74 Å². The number of carbonyl (C=O) groups is 1. The summed E-state index contributed by atoms with van der Waals surface area (Å²) in [4.78, 5) is 16.8. The van der Waals surface area contributed by atoms with E-state index in [2.05, 4.69) is 16.2 Å². The van der Waals surface area contributed by atoms with Gasteiger partial charge in [-0.3, -0.25) is 4.79 Å². The van der Waals surface area contributed by atoms with Gasteiger partial charge in [-0.25, -0.2) is 9.99 Å². The first-order chi connectivity index (χ1) is 14.0. The molecule has 2 heterocycles. The highest BCUT2D eigenvalue weighted by Crippen LogP contribution is 2.38. The van der Waals surface area contributed by atoms with Gasteiger partial charge in [-0.15, -0.1) is 0 Å². The molecule has 144 valence electrons. The summed E-state index contributed by atoms with van der Waals surface area (Å²) < 4.78 is 5.37. The molecule has 0 fully saturated rings. The van der Waals surface area contributed by atoms with E-state index in [4.69, 9.17) is 21.6 Å². The minimum Gasteiger partial charge on any atom is -0.494 e. The van der Waals surface area contributed by atoms with E-state index >= 15 is 0 Å². The molecule has 0 aliphatic carbocycles. The maximum absolute atomic E-state index is 12.3. The van der Waals surface area contributed by atoms with E-state index in [1.807, 2.05) is 36.4 Å². The van der Waals surface area contributed by atoms with E-state index in [0.717, 1.165) is 22.2 Å². The van der Waals surface area contributed by atoms with Gasteiger partial charge >= 0.3 is 0 Å². The number of benzene rings is 2. The van der Waals surface area contributed by atoms with Gasteiger partial charge in [0.05, 0.1) is 30.5 Å². The molecule has 4 rings (SSSR count). The Morgan fingerprint density at radius 2 is 2.03 bits per heavy atom. The Bertz CT molecular complexity index is 1180. The lowest BCUT2D eigenvalue weighted by Crippen LogP contribution is -2.24. The fourth-order valence-corrected chi connectivity index (χ4v) is 3.78. The lowest BCUT2D eigenvalue weighted by atomic mass is 9.98. The molecule has 2 aromatic carbocycles. The second-order valence-electron chi connectivity index (χ2n) is 6.72. The summed E-state index contributed by atoms with van der Waals surface area (Å²) >= 11 is 6.52. The molecule has 1 amide bonds. The van der Waals surface area contributed by atoms with Crippen molar-refractivity contribution in [3.05, 3.63) is 70.4 Å². The average Bonchev–Trinajstić information content (AvgIpc) is 3.18. The summed E-state index contributed by atoms with van der Waals surface area (Å²) in [6, 6.07) is 16.5. The number of pyridine rings is 1. The topological polar surface area (TPSA) is 78.6 Å². The van der Waals surface area contributed by atoms with Crippen LogP contribution in [0.1, 0.15) is 36.1 Å². The van der Waals surface area contributed by atoms with Crippen LogP contribution >= 0.6 is 11.6 Å². The number of hydrazone groups is 1. The van der Waals surface area contributed by atoms with Crippen LogP contribution in [0.5, 0.6) is 5.75 Å². The number of para-hydroxylation sites is 1. The van der Waals surface area contributed by atoms with Crippen LogP contribution in [0.4, 0.5) is 0 Å². The number of ether oxygens (including phenoxy) is 1. The van der Waals surface area contributed by atoms with Gasteiger partial charge < -0.3 is 4.74 Å². The first-order valence-corrected chi connectivity index (χ1v) is 9.40. The second kappa shape index (κ2) is 7.53.